The van der Waals surface area contributed by atoms with Crippen LogP contribution < -0.4 is 11.1 Å². The molecular formula is C36H33ClN6O4. The van der Waals surface area contributed by atoms with Crippen LogP contribution in [0.25, 0.3) is 32.6 Å². The van der Waals surface area contributed by atoms with Gasteiger partial charge in [0.1, 0.15) is 5.69 Å². The zero-order valence-electron chi connectivity index (χ0n) is 25.9. The number of phenolic OH excluding ortho intramolecular Hbond substituents is 1. The lowest BCUT2D eigenvalue weighted by Gasteiger charge is -2.29. The minimum Gasteiger partial charge on any atom is -0.505 e. The maximum atomic E-state index is 13.5. The number of benzene rings is 5. The van der Waals surface area contributed by atoms with E-state index in [9.17, 15) is 20.0 Å². The molecule has 1 aromatic heterocycles. The number of hydrogen-bond acceptors (Lipinski definition) is 7. The van der Waals surface area contributed by atoms with Crippen LogP contribution in [0.15, 0.2) is 95.2 Å². The van der Waals surface area contributed by atoms with Crippen molar-refractivity contribution >= 4 is 72.8 Å². The van der Waals surface area contributed by atoms with E-state index in [0.29, 0.717) is 27.0 Å². The lowest BCUT2D eigenvalue weighted by atomic mass is 9.83. The van der Waals surface area contributed by atoms with Gasteiger partial charge in [-0.05, 0) is 66.3 Å². The van der Waals surface area contributed by atoms with Crippen molar-refractivity contribution in [2.45, 2.75) is 45.1 Å². The van der Waals surface area contributed by atoms with E-state index in [0.717, 1.165) is 47.5 Å². The molecular weight excluding hydrogens is 616 g/mol. The van der Waals surface area contributed by atoms with E-state index in [1.165, 1.54) is 24.3 Å². The summed E-state index contributed by atoms with van der Waals surface area (Å²) in [6.07, 6.45) is 3.75. The van der Waals surface area contributed by atoms with Gasteiger partial charge in [0, 0.05) is 50.1 Å². The second-order valence-corrected chi connectivity index (χ2v) is 12.1. The number of fused-ring (bicyclic) bond motifs is 5. The van der Waals surface area contributed by atoms with E-state index in [4.69, 9.17) is 17.3 Å². The lowest BCUT2D eigenvalue weighted by molar-refractivity contribution is -0.384. The summed E-state index contributed by atoms with van der Waals surface area (Å²) in [6.45, 7) is 4.22. The normalized spacial score (nSPS) is 13.0. The van der Waals surface area contributed by atoms with Crippen molar-refractivity contribution in [1.82, 2.24) is 4.98 Å². The summed E-state index contributed by atoms with van der Waals surface area (Å²) in [7, 11) is 0. The van der Waals surface area contributed by atoms with Crippen LogP contribution in [0.4, 0.5) is 22.7 Å². The molecule has 0 spiro atoms. The number of nitrogens with one attached hydrogen (secondary N) is 2. The Morgan fingerprint density at radius 3 is 2.53 bits per heavy atom. The number of non-ortho nitro benzene ring substituents is 1. The molecule has 0 aliphatic carbocycles. The summed E-state index contributed by atoms with van der Waals surface area (Å²) in [5.41, 5.74) is 9.44. The van der Waals surface area contributed by atoms with Crippen molar-refractivity contribution in [3.05, 3.63) is 111 Å². The number of carbonyl (C=O) groups is 1. The summed E-state index contributed by atoms with van der Waals surface area (Å²) in [5.74, 6) is -1.06. The van der Waals surface area contributed by atoms with Gasteiger partial charge in [-0.25, -0.2) is 0 Å². The quantitative estimate of drug-likeness (QED) is 0.0659. The van der Waals surface area contributed by atoms with Crippen LogP contribution in [-0.2, 0) is 5.54 Å². The number of nitrogens with two attached hydrogens (primary N) is 1. The van der Waals surface area contributed by atoms with Crippen LogP contribution in [0.3, 0.4) is 0 Å². The number of rotatable bonds is 10. The number of unbranched alkanes of at least 4 members (excludes halogenated alkanes) is 1. The van der Waals surface area contributed by atoms with Gasteiger partial charge in [0.2, 0.25) is 0 Å². The third kappa shape index (κ3) is 6.13. The van der Waals surface area contributed by atoms with E-state index < -0.39 is 22.1 Å². The number of halogens is 1. The Bertz CT molecular complexity index is 2190. The minimum absolute atomic E-state index is 0.0707. The third-order valence-corrected chi connectivity index (χ3v) is 8.89. The van der Waals surface area contributed by atoms with Gasteiger partial charge in [-0.2, -0.15) is 5.11 Å². The first-order valence-corrected chi connectivity index (χ1v) is 15.8. The lowest BCUT2D eigenvalue weighted by Crippen LogP contribution is -2.35. The molecule has 5 N–H and O–H groups in total. The molecule has 6 rings (SSSR count). The van der Waals surface area contributed by atoms with Crippen molar-refractivity contribution in [3.8, 4) is 5.75 Å². The Kier molecular flexibility index (Phi) is 8.63. The van der Waals surface area contributed by atoms with Gasteiger partial charge in [-0.15, -0.1) is 5.11 Å². The predicted octanol–water partition coefficient (Wildman–Crippen LogP) is 10.2. The van der Waals surface area contributed by atoms with Gasteiger partial charge in [-0.3, -0.25) is 14.9 Å². The number of amides is 1. The van der Waals surface area contributed by atoms with Crippen LogP contribution in [0.5, 0.6) is 5.75 Å². The van der Waals surface area contributed by atoms with Crippen LogP contribution in [-0.4, -0.2) is 20.9 Å². The van der Waals surface area contributed by atoms with Crippen molar-refractivity contribution in [2.75, 3.05) is 5.32 Å². The Labute approximate surface area is 275 Å². The van der Waals surface area contributed by atoms with Crippen LogP contribution >= 0.6 is 11.6 Å². The fourth-order valence-electron chi connectivity index (χ4n) is 5.95. The molecule has 11 heteroatoms. The summed E-state index contributed by atoms with van der Waals surface area (Å²) in [4.78, 5) is 27.7. The zero-order valence-corrected chi connectivity index (χ0v) is 26.6. The Balaban J connectivity index is 1.47. The summed E-state index contributed by atoms with van der Waals surface area (Å²) in [6, 6.07) is 24.0. The number of aromatic nitrogens is 1. The molecule has 10 nitrogen and oxygen atoms in total. The number of hydrogen-bond donors (Lipinski definition) is 4. The number of nitro groups is 1. The SMILES string of the molecule is CCCCC(N)(CC)c1ccc(N=Nc2c(O)c(C(=O)Nc3cccc([N+](=O)[O-])c3)cc3ccc4c5cc(Cl)ccc5[nH]c4c23)cc1. The number of carbonyl (C=O) groups excluding carboxylic acids is 1. The molecule has 0 aliphatic heterocycles. The third-order valence-electron chi connectivity index (χ3n) is 8.66. The minimum atomic E-state index is -0.667. The molecule has 5 aromatic carbocycles. The highest BCUT2D eigenvalue weighted by molar-refractivity contribution is 6.32. The first-order valence-electron chi connectivity index (χ1n) is 15.4. The van der Waals surface area contributed by atoms with Gasteiger partial charge in [-0.1, -0.05) is 68.6 Å². The molecule has 0 radical (unpaired) electrons. The molecule has 238 valence electrons. The van der Waals surface area contributed by atoms with Gasteiger partial charge >= 0.3 is 0 Å². The number of azo groups is 1. The average Bonchev–Trinajstić information content (AvgIpc) is 3.44. The second-order valence-electron chi connectivity index (χ2n) is 11.6. The van der Waals surface area contributed by atoms with Crippen molar-refractivity contribution in [3.63, 3.8) is 0 Å². The van der Waals surface area contributed by atoms with Gasteiger partial charge in [0.25, 0.3) is 11.6 Å². The van der Waals surface area contributed by atoms with Gasteiger partial charge < -0.3 is 21.1 Å². The standard InChI is InChI=1S/C36H33ClN6O4/c1-3-5-17-36(38,4-2)22-10-13-24(14-11-22)41-42-33-31-21(9-15-27-28-19-23(37)12-16-30(28)40-32(27)31)18-29(34(33)44)35(45)39-25-7-6-8-26(20-25)43(46)47/h6-16,18-20,40,44H,3-5,17,38H2,1-2H3,(H,39,45). The smallest absolute Gasteiger partial charge is 0.271 e. The van der Waals surface area contributed by atoms with Crippen LogP contribution in [0.1, 0.15) is 55.5 Å². The van der Waals surface area contributed by atoms with Crippen molar-refractivity contribution < 1.29 is 14.8 Å². The molecule has 0 fully saturated rings. The molecule has 0 aliphatic rings. The summed E-state index contributed by atoms with van der Waals surface area (Å²) in [5, 5.41) is 38.1. The van der Waals surface area contributed by atoms with Crippen LogP contribution in [0.2, 0.25) is 5.02 Å². The number of phenols is 1. The maximum Gasteiger partial charge on any atom is 0.271 e. The molecule has 1 unspecified atom stereocenters. The van der Waals surface area contributed by atoms with E-state index in [2.05, 4.69) is 34.4 Å². The largest absolute Gasteiger partial charge is 0.505 e. The zero-order chi connectivity index (χ0) is 33.3. The number of H-pyrrole nitrogens is 1. The fraction of sp³-hybridized carbons (Fsp3) is 0.194. The molecule has 1 atom stereocenters. The highest BCUT2D eigenvalue weighted by Crippen LogP contribution is 2.44. The van der Waals surface area contributed by atoms with E-state index in [1.807, 2.05) is 48.5 Å². The van der Waals surface area contributed by atoms with Crippen LogP contribution in [0, 0.1) is 10.1 Å². The Hall–Kier alpha value is -5.32. The molecule has 0 bridgehead atoms. The van der Waals surface area contributed by atoms with Gasteiger partial charge in [0.05, 0.1) is 21.7 Å². The summed E-state index contributed by atoms with van der Waals surface area (Å²) < 4.78 is 0. The topological polar surface area (TPSA) is 159 Å². The maximum absolute atomic E-state index is 13.5. The first kappa shape index (κ1) is 31.7. The number of anilines is 1. The van der Waals surface area contributed by atoms with E-state index >= 15 is 0 Å². The molecule has 0 saturated heterocycles. The molecule has 0 saturated carbocycles. The highest BCUT2D eigenvalue weighted by Gasteiger charge is 2.25. The first-order chi connectivity index (χ1) is 22.6. The van der Waals surface area contributed by atoms with Crippen molar-refractivity contribution in [2.24, 2.45) is 16.0 Å². The summed E-state index contributed by atoms with van der Waals surface area (Å²) >= 11 is 6.31. The molecule has 6 aromatic rings. The number of aromatic hydroxyl groups is 1. The Morgan fingerprint density at radius 2 is 1.81 bits per heavy atom. The second kappa shape index (κ2) is 12.8. The highest BCUT2D eigenvalue weighted by atomic mass is 35.5. The Morgan fingerprint density at radius 1 is 1.02 bits per heavy atom. The predicted molar refractivity (Wildman–Crippen MR) is 187 cm³/mol. The molecule has 1 amide bonds. The molecule has 47 heavy (non-hydrogen) atoms. The number of nitro benzene ring substituents is 1. The monoisotopic (exact) mass is 648 g/mol. The fourth-order valence-corrected chi connectivity index (χ4v) is 6.12. The van der Waals surface area contributed by atoms with E-state index in [-0.39, 0.29) is 22.6 Å². The van der Waals surface area contributed by atoms with Crippen molar-refractivity contribution in [1.29, 1.82) is 0 Å². The number of aromatic amines is 1. The molecule has 1 heterocycles. The van der Waals surface area contributed by atoms with E-state index in [1.54, 1.807) is 12.1 Å². The average molecular weight is 649 g/mol. The van der Waals surface area contributed by atoms with Gasteiger partial charge in [0.15, 0.2) is 5.75 Å². The number of nitrogens with zero attached hydrogens (tertiary/aromatic N) is 3.